The molecule has 1 aliphatic carbocycles. The van der Waals surface area contributed by atoms with Crippen LogP contribution < -0.4 is 5.32 Å². The molecule has 0 aromatic carbocycles. The van der Waals surface area contributed by atoms with Gasteiger partial charge in [-0.2, -0.15) is 5.10 Å². The SMILES string of the molecule is Cc1cc(CNC(C)CC2CC2)n(C)n1. The molecule has 0 bridgehead atoms. The maximum atomic E-state index is 4.34. The minimum atomic E-state index is 0.632. The largest absolute Gasteiger partial charge is 0.309 e. The van der Waals surface area contributed by atoms with Gasteiger partial charge in [0.25, 0.3) is 0 Å². The van der Waals surface area contributed by atoms with E-state index < -0.39 is 0 Å². The summed E-state index contributed by atoms with van der Waals surface area (Å²) in [5, 5.41) is 7.90. The number of hydrogen-bond acceptors (Lipinski definition) is 2. The number of rotatable bonds is 5. The molecule has 1 fully saturated rings. The first-order valence-electron chi connectivity index (χ1n) is 5.88. The summed E-state index contributed by atoms with van der Waals surface area (Å²) in [6, 6.07) is 2.78. The topological polar surface area (TPSA) is 29.9 Å². The first-order valence-corrected chi connectivity index (χ1v) is 5.88. The molecule has 1 aliphatic rings. The Morgan fingerprint density at radius 3 is 2.87 bits per heavy atom. The molecule has 84 valence electrons. The van der Waals surface area contributed by atoms with Crippen LogP contribution in [0.5, 0.6) is 0 Å². The van der Waals surface area contributed by atoms with Crippen LogP contribution in [0.1, 0.15) is 37.6 Å². The maximum Gasteiger partial charge on any atom is 0.0597 e. The van der Waals surface area contributed by atoms with Crippen LogP contribution in [0.2, 0.25) is 0 Å². The quantitative estimate of drug-likeness (QED) is 0.800. The Kier molecular flexibility index (Phi) is 3.10. The Balaban J connectivity index is 1.78. The zero-order valence-electron chi connectivity index (χ0n) is 9.95. The van der Waals surface area contributed by atoms with Crippen molar-refractivity contribution in [3.8, 4) is 0 Å². The molecule has 1 N–H and O–H groups in total. The van der Waals surface area contributed by atoms with E-state index in [9.17, 15) is 0 Å². The third kappa shape index (κ3) is 3.06. The minimum absolute atomic E-state index is 0.632. The fraction of sp³-hybridized carbons (Fsp3) is 0.750. The highest BCUT2D eigenvalue weighted by atomic mass is 15.3. The second-order valence-corrected chi connectivity index (χ2v) is 4.86. The Bertz CT molecular complexity index is 326. The van der Waals surface area contributed by atoms with E-state index in [-0.39, 0.29) is 0 Å². The predicted molar refractivity (Wildman–Crippen MR) is 61.6 cm³/mol. The van der Waals surface area contributed by atoms with Crippen LogP contribution in [0.4, 0.5) is 0 Å². The normalized spacial score (nSPS) is 18.1. The van der Waals surface area contributed by atoms with E-state index in [0.29, 0.717) is 6.04 Å². The second kappa shape index (κ2) is 4.35. The molecule has 15 heavy (non-hydrogen) atoms. The number of aromatic nitrogens is 2. The van der Waals surface area contributed by atoms with E-state index in [2.05, 4.69) is 23.4 Å². The summed E-state index contributed by atoms with van der Waals surface area (Å²) in [5.41, 5.74) is 2.37. The van der Waals surface area contributed by atoms with E-state index in [4.69, 9.17) is 0 Å². The lowest BCUT2D eigenvalue weighted by molar-refractivity contribution is 0.476. The molecule has 0 amide bonds. The van der Waals surface area contributed by atoms with Gasteiger partial charge < -0.3 is 5.32 Å². The molecular formula is C12H21N3. The van der Waals surface area contributed by atoms with Gasteiger partial charge in [0.15, 0.2) is 0 Å². The Morgan fingerprint density at radius 2 is 2.33 bits per heavy atom. The van der Waals surface area contributed by atoms with Gasteiger partial charge in [-0.05, 0) is 32.3 Å². The number of hydrogen-bond donors (Lipinski definition) is 1. The van der Waals surface area contributed by atoms with Gasteiger partial charge in [-0.1, -0.05) is 12.8 Å². The van der Waals surface area contributed by atoms with Gasteiger partial charge in [0.2, 0.25) is 0 Å². The van der Waals surface area contributed by atoms with Crippen LogP contribution in [-0.2, 0) is 13.6 Å². The fourth-order valence-corrected chi connectivity index (χ4v) is 2.05. The summed E-state index contributed by atoms with van der Waals surface area (Å²) in [6.45, 7) is 5.25. The number of nitrogens with zero attached hydrogens (tertiary/aromatic N) is 2. The van der Waals surface area contributed by atoms with Crippen molar-refractivity contribution >= 4 is 0 Å². The molecule has 1 unspecified atom stereocenters. The predicted octanol–water partition coefficient (Wildman–Crippen LogP) is 2.01. The van der Waals surface area contributed by atoms with E-state index in [0.717, 1.165) is 18.2 Å². The molecule has 0 radical (unpaired) electrons. The van der Waals surface area contributed by atoms with Crippen LogP contribution in [0.3, 0.4) is 0 Å². The molecule has 1 heterocycles. The minimum Gasteiger partial charge on any atom is -0.309 e. The van der Waals surface area contributed by atoms with Gasteiger partial charge >= 0.3 is 0 Å². The number of aryl methyl sites for hydroxylation is 2. The van der Waals surface area contributed by atoms with E-state index in [1.165, 1.54) is 25.0 Å². The summed E-state index contributed by atoms with van der Waals surface area (Å²) < 4.78 is 1.96. The van der Waals surface area contributed by atoms with Crippen molar-refractivity contribution in [3.05, 3.63) is 17.5 Å². The molecule has 1 aromatic rings. The van der Waals surface area contributed by atoms with Gasteiger partial charge in [-0.15, -0.1) is 0 Å². The molecule has 0 spiro atoms. The van der Waals surface area contributed by atoms with Gasteiger partial charge in [0.1, 0.15) is 0 Å². The van der Waals surface area contributed by atoms with Crippen LogP contribution in [0, 0.1) is 12.8 Å². The average molecular weight is 207 g/mol. The van der Waals surface area contributed by atoms with Crippen LogP contribution in [0.15, 0.2) is 6.07 Å². The summed E-state index contributed by atoms with van der Waals surface area (Å²) in [6.07, 6.45) is 4.21. The van der Waals surface area contributed by atoms with Gasteiger partial charge in [-0.25, -0.2) is 0 Å². The van der Waals surface area contributed by atoms with Crippen LogP contribution in [-0.4, -0.2) is 15.8 Å². The van der Waals surface area contributed by atoms with Crippen molar-refractivity contribution in [1.82, 2.24) is 15.1 Å². The maximum absolute atomic E-state index is 4.34. The fourth-order valence-electron chi connectivity index (χ4n) is 2.05. The van der Waals surface area contributed by atoms with Crippen molar-refractivity contribution < 1.29 is 0 Å². The Morgan fingerprint density at radius 1 is 1.60 bits per heavy atom. The summed E-state index contributed by atoms with van der Waals surface area (Å²) in [7, 11) is 2.01. The van der Waals surface area contributed by atoms with E-state index >= 15 is 0 Å². The molecular weight excluding hydrogens is 186 g/mol. The van der Waals surface area contributed by atoms with Crippen LogP contribution in [0.25, 0.3) is 0 Å². The standard InChI is InChI=1S/C12H21N3/c1-9(6-11-4-5-11)13-8-12-7-10(2)14-15(12)3/h7,9,11,13H,4-6,8H2,1-3H3. The van der Waals surface area contributed by atoms with Gasteiger partial charge in [0, 0.05) is 19.6 Å². The Hall–Kier alpha value is -0.830. The smallest absolute Gasteiger partial charge is 0.0597 e. The number of nitrogens with one attached hydrogen (secondary N) is 1. The molecule has 3 heteroatoms. The van der Waals surface area contributed by atoms with Crippen molar-refractivity contribution in [3.63, 3.8) is 0 Å². The van der Waals surface area contributed by atoms with Crippen molar-refractivity contribution in [2.24, 2.45) is 13.0 Å². The van der Waals surface area contributed by atoms with Crippen LogP contribution >= 0.6 is 0 Å². The molecule has 1 aromatic heterocycles. The van der Waals surface area contributed by atoms with Gasteiger partial charge in [0.05, 0.1) is 11.4 Å². The molecule has 1 saturated carbocycles. The van der Waals surface area contributed by atoms with Crippen molar-refractivity contribution in [2.45, 2.75) is 45.7 Å². The highest BCUT2D eigenvalue weighted by molar-refractivity contribution is 5.08. The monoisotopic (exact) mass is 207 g/mol. The van der Waals surface area contributed by atoms with Crippen molar-refractivity contribution in [2.75, 3.05) is 0 Å². The van der Waals surface area contributed by atoms with Crippen molar-refractivity contribution in [1.29, 1.82) is 0 Å². The zero-order chi connectivity index (χ0) is 10.8. The third-order valence-electron chi connectivity index (χ3n) is 3.11. The highest BCUT2D eigenvalue weighted by Crippen LogP contribution is 2.33. The Labute approximate surface area is 91.9 Å². The average Bonchev–Trinajstić information content (AvgIpc) is 2.89. The van der Waals surface area contributed by atoms with E-state index in [1.807, 2.05) is 18.7 Å². The molecule has 1 atom stereocenters. The summed E-state index contributed by atoms with van der Waals surface area (Å²) in [5.74, 6) is 1.00. The van der Waals surface area contributed by atoms with E-state index in [1.54, 1.807) is 0 Å². The van der Waals surface area contributed by atoms with Gasteiger partial charge in [-0.3, -0.25) is 4.68 Å². The zero-order valence-corrected chi connectivity index (χ0v) is 9.95. The summed E-state index contributed by atoms with van der Waals surface area (Å²) in [4.78, 5) is 0. The molecule has 0 saturated heterocycles. The lowest BCUT2D eigenvalue weighted by atomic mass is 10.1. The second-order valence-electron chi connectivity index (χ2n) is 4.86. The highest BCUT2D eigenvalue weighted by Gasteiger charge is 2.23. The lowest BCUT2D eigenvalue weighted by Crippen LogP contribution is -2.26. The first kappa shape index (κ1) is 10.7. The summed E-state index contributed by atoms with van der Waals surface area (Å²) >= 11 is 0. The molecule has 3 nitrogen and oxygen atoms in total. The third-order valence-corrected chi connectivity index (χ3v) is 3.11. The molecule has 0 aliphatic heterocycles. The molecule has 2 rings (SSSR count). The first-order chi connectivity index (χ1) is 7.15. The lowest BCUT2D eigenvalue weighted by Gasteiger charge is -2.12.